The number of carbonyl (C=O) groups excluding carboxylic acids is 1. The lowest BCUT2D eigenvalue weighted by Crippen LogP contribution is -2.12. The normalized spacial score (nSPS) is 11.4. The Morgan fingerprint density at radius 3 is 2.85 bits per heavy atom. The topological polar surface area (TPSA) is 80.9 Å². The van der Waals surface area contributed by atoms with Crippen molar-refractivity contribution in [2.75, 3.05) is 5.32 Å². The Bertz CT molecular complexity index is 1150. The smallest absolute Gasteiger partial charge is 0.248 e. The molecule has 0 aliphatic heterocycles. The molecule has 4 rings (SSSR count). The quantitative estimate of drug-likeness (QED) is 0.520. The molecule has 27 heavy (non-hydrogen) atoms. The van der Waals surface area contributed by atoms with Crippen LogP contribution in [0.15, 0.2) is 48.8 Å². The first-order valence-electron chi connectivity index (χ1n) is 8.84. The van der Waals surface area contributed by atoms with Crippen molar-refractivity contribution in [2.24, 2.45) is 11.7 Å². The van der Waals surface area contributed by atoms with Crippen LogP contribution in [0, 0.1) is 5.92 Å². The molecule has 0 aliphatic rings. The number of nitrogens with two attached hydrogens (primary N) is 1. The fraction of sp³-hybridized carbons (Fsp3) is 0.190. The third-order valence-corrected chi connectivity index (χ3v) is 5.37. The highest BCUT2D eigenvalue weighted by Crippen LogP contribution is 2.34. The molecule has 2 heterocycles. The Labute approximate surface area is 161 Å². The van der Waals surface area contributed by atoms with Gasteiger partial charge in [-0.3, -0.25) is 9.78 Å². The summed E-state index contributed by atoms with van der Waals surface area (Å²) in [6.07, 6.45) is 4.53. The average Bonchev–Trinajstić information content (AvgIpc) is 3.05. The zero-order valence-corrected chi connectivity index (χ0v) is 16.0. The summed E-state index contributed by atoms with van der Waals surface area (Å²) in [4.78, 5) is 20.6. The first-order valence-corrected chi connectivity index (χ1v) is 9.66. The summed E-state index contributed by atoms with van der Waals surface area (Å²) in [7, 11) is 0. The van der Waals surface area contributed by atoms with Crippen LogP contribution in [-0.4, -0.2) is 15.9 Å². The van der Waals surface area contributed by atoms with Crippen LogP contribution in [0.2, 0.25) is 0 Å². The van der Waals surface area contributed by atoms with E-state index in [1.165, 1.54) is 0 Å². The van der Waals surface area contributed by atoms with E-state index < -0.39 is 5.91 Å². The number of nitrogens with one attached hydrogen (secondary N) is 1. The molecule has 2 aromatic heterocycles. The van der Waals surface area contributed by atoms with Gasteiger partial charge in [0.05, 0.1) is 10.2 Å². The van der Waals surface area contributed by atoms with Crippen LogP contribution in [0.3, 0.4) is 0 Å². The number of rotatable bonds is 5. The number of hydrogen-bond acceptors (Lipinski definition) is 5. The molecule has 0 saturated heterocycles. The van der Waals surface area contributed by atoms with E-state index in [1.54, 1.807) is 23.6 Å². The van der Waals surface area contributed by atoms with Gasteiger partial charge in [0.25, 0.3) is 0 Å². The molecular weight excluding hydrogens is 356 g/mol. The molecule has 0 radical (unpaired) electrons. The number of carbonyl (C=O) groups is 1. The van der Waals surface area contributed by atoms with Gasteiger partial charge in [0.15, 0.2) is 5.13 Å². The van der Waals surface area contributed by atoms with Crippen molar-refractivity contribution in [3.63, 3.8) is 0 Å². The number of primary amides is 1. The van der Waals surface area contributed by atoms with Crippen LogP contribution in [0.25, 0.3) is 21.0 Å². The van der Waals surface area contributed by atoms with Crippen molar-refractivity contribution in [3.05, 3.63) is 59.9 Å². The highest BCUT2D eigenvalue weighted by atomic mass is 32.1. The maximum Gasteiger partial charge on any atom is 0.248 e. The lowest BCUT2D eigenvalue weighted by molar-refractivity contribution is 0.100. The largest absolute Gasteiger partial charge is 0.366 e. The second-order valence-corrected chi connectivity index (χ2v) is 8.02. The molecule has 0 saturated carbocycles. The first-order chi connectivity index (χ1) is 13.0. The maximum absolute atomic E-state index is 11.6. The number of nitrogens with zero attached hydrogens (tertiary/aromatic N) is 2. The second-order valence-electron chi connectivity index (χ2n) is 6.99. The van der Waals surface area contributed by atoms with Crippen molar-refractivity contribution in [1.82, 2.24) is 9.97 Å². The van der Waals surface area contributed by atoms with Gasteiger partial charge in [-0.2, -0.15) is 0 Å². The van der Waals surface area contributed by atoms with E-state index in [-0.39, 0.29) is 0 Å². The van der Waals surface area contributed by atoms with Gasteiger partial charge < -0.3 is 11.1 Å². The number of anilines is 2. The third-order valence-electron chi connectivity index (χ3n) is 4.44. The van der Waals surface area contributed by atoms with Crippen molar-refractivity contribution >= 4 is 49.1 Å². The van der Waals surface area contributed by atoms with Crippen molar-refractivity contribution in [1.29, 1.82) is 0 Å². The lowest BCUT2D eigenvalue weighted by atomic mass is 9.99. The van der Waals surface area contributed by atoms with Crippen LogP contribution >= 0.6 is 11.3 Å². The molecule has 0 atom stereocenters. The molecular formula is C21H20N4OS. The minimum Gasteiger partial charge on any atom is -0.366 e. The Hall–Kier alpha value is -2.99. The number of pyridine rings is 1. The molecule has 6 heteroatoms. The monoisotopic (exact) mass is 376 g/mol. The molecule has 5 nitrogen and oxygen atoms in total. The summed E-state index contributed by atoms with van der Waals surface area (Å²) >= 11 is 1.59. The summed E-state index contributed by atoms with van der Waals surface area (Å²) in [6, 6.07) is 11.7. The highest BCUT2D eigenvalue weighted by Gasteiger charge is 2.12. The zero-order valence-electron chi connectivity index (χ0n) is 15.2. The van der Waals surface area contributed by atoms with E-state index in [0.717, 1.165) is 43.8 Å². The summed E-state index contributed by atoms with van der Waals surface area (Å²) in [5.41, 5.74) is 8.93. The fourth-order valence-electron chi connectivity index (χ4n) is 3.19. The molecule has 4 aromatic rings. The SMILES string of the molecule is CC(C)Cc1ccc(C(N)=O)cc1Nc1nc2c(ccc3cnccc32)s1. The van der Waals surface area contributed by atoms with E-state index in [1.807, 2.05) is 24.4 Å². The van der Waals surface area contributed by atoms with Crippen LogP contribution in [-0.2, 0) is 6.42 Å². The van der Waals surface area contributed by atoms with Crippen LogP contribution in [0.4, 0.5) is 10.8 Å². The van der Waals surface area contributed by atoms with Gasteiger partial charge in [0.2, 0.25) is 5.91 Å². The minimum absolute atomic E-state index is 0.433. The molecule has 2 aromatic carbocycles. The predicted octanol–water partition coefficient (Wildman–Crippen LogP) is 4.89. The number of fused-ring (bicyclic) bond motifs is 3. The van der Waals surface area contributed by atoms with E-state index in [4.69, 9.17) is 10.7 Å². The van der Waals surface area contributed by atoms with Gasteiger partial charge in [0, 0.05) is 34.4 Å². The Morgan fingerprint density at radius 1 is 1.22 bits per heavy atom. The summed E-state index contributed by atoms with van der Waals surface area (Å²) in [5.74, 6) is 0.0636. The number of amides is 1. The number of hydrogen-bond donors (Lipinski definition) is 2. The maximum atomic E-state index is 11.6. The fourth-order valence-corrected chi connectivity index (χ4v) is 4.09. The Kier molecular flexibility index (Phi) is 4.49. The summed E-state index contributed by atoms with van der Waals surface area (Å²) < 4.78 is 1.10. The molecule has 0 bridgehead atoms. The molecule has 1 amide bonds. The third kappa shape index (κ3) is 3.48. The average molecular weight is 376 g/mol. The highest BCUT2D eigenvalue weighted by molar-refractivity contribution is 7.22. The van der Waals surface area contributed by atoms with Crippen LogP contribution in [0.5, 0.6) is 0 Å². The molecule has 0 spiro atoms. The molecule has 0 fully saturated rings. The Balaban J connectivity index is 1.77. The first kappa shape index (κ1) is 17.4. The van der Waals surface area contributed by atoms with E-state index in [9.17, 15) is 4.79 Å². The van der Waals surface area contributed by atoms with Gasteiger partial charge in [-0.15, -0.1) is 0 Å². The Morgan fingerprint density at radius 2 is 2.07 bits per heavy atom. The predicted molar refractivity (Wildman–Crippen MR) is 112 cm³/mol. The van der Waals surface area contributed by atoms with E-state index >= 15 is 0 Å². The van der Waals surface area contributed by atoms with Gasteiger partial charge in [0.1, 0.15) is 0 Å². The van der Waals surface area contributed by atoms with Crippen molar-refractivity contribution in [3.8, 4) is 0 Å². The van der Waals surface area contributed by atoms with Gasteiger partial charge in [-0.25, -0.2) is 4.98 Å². The van der Waals surface area contributed by atoms with Crippen LogP contribution in [0.1, 0.15) is 29.8 Å². The molecule has 0 unspecified atom stereocenters. The molecule has 3 N–H and O–H groups in total. The second kappa shape index (κ2) is 6.96. The number of aromatic nitrogens is 2. The summed E-state index contributed by atoms with van der Waals surface area (Å²) in [5, 5.41) is 6.35. The standard InChI is InChI=1S/C21H20N4OS/c1-12(2)9-13-3-4-14(20(22)26)10-17(13)24-21-25-19-16-7-8-23-11-15(16)5-6-18(19)27-21/h3-8,10-12H,9H2,1-2H3,(H2,22,26)(H,24,25). The molecule has 0 aliphatic carbocycles. The summed E-state index contributed by atoms with van der Waals surface area (Å²) in [6.45, 7) is 4.34. The van der Waals surface area contributed by atoms with Gasteiger partial charge in [-0.05, 0) is 42.2 Å². The van der Waals surface area contributed by atoms with Gasteiger partial charge >= 0.3 is 0 Å². The van der Waals surface area contributed by atoms with E-state index in [0.29, 0.717) is 11.5 Å². The molecule has 136 valence electrons. The van der Waals surface area contributed by atoms with Crippen molar-refractivity contribution < 1.29 is 4.79 Å². The van der Waals surface area contributed by atoms with E-state index in [2.05, 4.69) is 36.3 Å². The van der Waals surface area contributed by atoms with Crippen LogP contribution < -0.4 is 11.1 Å². The minimum atomic E-state index is -0.433. The van der Waals surface area contributed by atoms with Gasteiger partial charge in [-0.1, -0.05) is 37.3 Å². The zero-order chi connectivity index (χ0) is 19.0. The van der Waals surface area contributed by atoms with Crippen molar-refractivity contribution in [2.45, 2.75) is 20.3 Å². The number of thiazole rings is 1. The number of benzene rings is 2. The lowest BCUT2D eigenvalue weighted by Gasteiger charge is -2.13.